The molecule has 0 fully saturated rings. The number of benzene rings is 1. The SMILES string of the molecule is CNC(CCC(C)(C)OC)c1cccc(Br)c1Cl. The minimum atomic E-state index is -0.104. The van der Waals surface area contributed by atoms with Crippen LogP contribution in [-0.4, -0.2) is 19.8 Å². The van der Waals surface area contributed by atoms with Gasteiger partial charge in [-0.05, 0) is 61.3 Å². The third-order valence-electron chi connectivity index (χ3n) is 3.29. The minimum absolute atomic E-state index is 0.104. The third kappa shape index (κ3) is 4.23. The average Bonchev–Trinajstić information content (AvgIpc) is 2.35. The summed E-state index contributed by atoms with van der Waals surface area (Å²) in [7, 11) is 3.71. The first-order valence-corrected chi connectivity index (χ1v) is 7.24. The lowest BCUT2D eigenvalue weighted by Gasteiger charge is -2.26. The molecule has 2 nitrogen and oxygen atoms in total. The quantitative estimate of drug-likeness (QED) is 0.823. The zero-order valence-electron chi connectivity index (χ0n) is 11.4. The van der Waals surface area contributed by atoms with Gasteiger partial charge in [0, 0.05) is 17.6 Å². The molecule has 18 heavy (non-hydrogen) atoms. The van der Waals surface area contributed by atoms with E-state index in [2.05, 4.69) is 41.2 Å². The zero-order valence-corrected chi connectivity index (χ0v) is 13.7. The van der Waals surface area contributed by atoms with E-state index in [4.69, 9.17) is 16.3 Å². The van der Waals surface area contributed by atoms with Crippen LogP contribution in [0.15, 0.2) is 22.7 Å². The Balaban J connectivity index is 2.81. The van der Waals surface area contributed by atoms with Crippen molar-refractivity contribution >= 4 is 27.5 Å². The fourth-order valence-electron chi connectivity index (χ4n) is 1.84. The molecule has 1 aromatic rings. The van der Waals surface area contributed by atoms with E-state index in [1.807, 2.05) is 19.2 Å². The van der Waals surface area contributed by atoms with Gasteiger partial charge in [-0.1, -0.05) is 23.7 Å². The minimum Gasteiger partial charge on any atom is -0.379 e. The molecule has 1 aromatic carbocycles. The lowest BCUT2D eigenvalue weighted by Crippen LogP contribution is -2.26. The predicted molar refractivity (Wildman–Crippen MR) is 81.3 cm³/mol. The van der Waals surface area contributed by atoms with Crippen LogP contribution < -0.4 is 5.32 Å². The van der Waals surface area contributed by atoms with Gasteiger partial charge in [0.1, 0.15) is 0 Å². The van der Waals surface area contributed by atoms with Gasteiger partial charge in [0.05, 0.1) is 10.6 Å². The van der Waals surface area contributed by atoms with E-state index >= 15 is 0 Å². The monoisotopic (exact) mass is 333 g/mol. The number of halogens is 2. The van der Waals surface area contributed by atoms with Crippen molar-refractivity contribution in [3.05, 3.63) is 33.3 Å². The highest BCUT2D eigenvalue weighted by molar-refractivity contribution is 9.10. The molecule has 0 saturated heterocycles. The highest BCUT2D eigenvalue weighted by atomic mass is 79.9. The first-order chi connectivity index (χ1) is 8.41. The van der Waals surface area contributed by atoms with Crippen molar-refractivity contribution in [1.29, 1.82) is 0 Å². The second kappa shape index (κ2) is 6.90. The second-order valence-electron chi connectivity index (χ2n) is 4.99. The van der Waals surface area contributed by atoms with Crippen molar-refractivity contribution in [3.8, 4) is 0 Å². The summed E-state index contributed by atoms with van der Waals surface area (Å²) in [5, 5.41) is 4.11. The van der Waals surface area contributed by atoms with Gasteiger partial charge in [0.2, 0.25) is 0 Å². The van der Waals surface area contributed by atoms with Crippen molar-refractivity contribution in [2.75, 3.05) is 14.2 Å². The number of rotatable bonds is 6. The fourth-order valence-corrected chi connectivity index (χ4v) is 2.48. The number of hydrogen-bond donors (Lipinski definition) is 1. The van der Waals surface area contributed by atoms with E-state index < -0.39 is 0 Å². The van der Waals surface area contributed by atoms with Gasteiger partial charge >= 0.3 is 0 Å². The molecule has 0 aromatic heterocycles. The topological polar surface area (TPSA) is 21.3 Å². The van der Waals surface area contributed by atoms with Gasteiger partial charge in [-0.2, -0.15) is 0 Å². The van der Waals surface area contributed by atoms with E-state index in [1.165, 1.54) is 0 Å². The molecule has 0 spiro atoms. The first-order valence-electron chi connectivity index (χ1n) is 6.07. The van der Waals surface area contributed by atoms with Crippen LogP contribution in [0.1, 0.15) is 38.3 Å². The molecule has 1 rings (SSSR count). The van der Waals surface area contributed by atoms with Crippen molar-refractivity contribution in [2.45, 2.75) is 38.3 Å². The lowest BCUT2D eigenvalue weighted by molar-refractivity contribution is 0.0118. The molecule has 4 heteroatoms. The Labute approximate surface area is 123 Å². The standard InChI is InChI=1S/C14H21BrClNO/c1-14(2,18-4)9-8-12(17-3)10-6-5-7-11(15)13(10)16/h5-7,12,17H,8-9H2,1-4H3. The average molecular weight is 335 g/mol. The Morgan fingerprint density at radius 2 is 2.11 bits per heavy atom. The molecule has 0 radical (unpaired) electrons. The van der Waals surface area contributed by atoms with E-state index in [0.717, 1.165) is 27.9 Å². The fraction of sp³-hybridized carbons (Fsp3) is 0.571. The number of nitrogens with one attached hydrogen (secondary N) is 1. The van der Waals surface area contributed by atoms with Crippen LogP contribution in [0.5, 0.6) is 0 Å². The van der Waals surface area contributed by atoms with Gasteiger partial charge < -0.3 is 10.1 Å². The summed E-state index contributed by atoms with van der Waals surface area (Å²) in [4.78, 5) is 0. The smallest absolute Gasteiger partial charge is 0.0623 e. The summed E-state index contributed by atoms with van der Waals surface area (Å²) >= 11 is 9.80. The Kier molecular flexibility index (Phi) is 6.12. The number of methoxy groups -OCH3 is 1. The Bertz CT molecular complexity index is 395. The van der Waals surface area contributed by atoms with Gasteiger partial charge in [0.25, 0.3) is 0 Å². The van der Waals surface area contributed by atoms with E-state index in [-0.39, 0.29) is 11.6 Å². The summed E-state index contributed by atoms with van der Waals surface area (Å²) in [5.41, 5.74) is 1.02. The highest BCUT2D eigenvalue weighted by Gasteiger charge is 2.21. The van der Waals surface area contributed by atoms with Crippen LogP contribution in [0.2, 0.25) is 5.02 Å². The van der Waals surface area contributed by atoms with E-state index in [9.17, 15) is 0 Å². The third-order valence-corrected chi connectivity index (χ3v) is 4.60. The van der Waals surface area contributed by atoms with Crippen LogP contribution in [0.4, 0.5) is 0 Å². The van der Waals surface area contributed by atoms with Gasteiger partial charge in [-0.15, -0.1) is 0 Å². The largest absolute Gasteiger partial charge is 0.379 e. The van der Waals surface area contributed by atoms with Gasteiger partial charge in [0.15, 0.2) is 0 Å². The number of hydrogen-bond acceptors (Lipinski definition) is 2. The molecular weight excluding hydrogens is 314 g/mol. The van der Waals surface area contributed by atoms with Crippen LogP contribution in [0.3, 0.4) is 0 Å². The summed E-state index contributed by atoms with van der Waals surface area (Å²) < 4.78 is 6.39. The number of ether oxygens (including phenoxy) is 1. The van der Waals surface area contributed by atoms with E-state index in [1.54, 1.807) is 7.11 Å². The molecule has 0 saturated carbocycles. The molecule has 1 N–H and O–H groups in total. The van der Waals surface area contributed by atoms with Crippen LogP contribution >= 0.6 is 27.5 Å². The molecule has 0 amide bonds. The summed E-state index contributed by atoms with van der Waals surface area (Å²) in [5.74, 6) is 0. The molecule has 0 aliphatic heterocycles. The van der Waals surface area contributed by atoms with Crippen LogP contribution in [0, 0.1) is 0 Å². The Morgan fingerprint density at radius 3 is 2.67 bits per heavy atom. The van der Waals surface area contributed by atoms with Gasteiger partial charge in [-0.3, -0.25) is 0 Å². The molecular formula is C14H21BrClNO. The molecule has 0 aliphatic carbocycles. The van der Waals surface area contributed by atoms with E-state index in [0.29, 0.717) is 0 Å². The Hall–Kier alpha value is -0.0900. The highest BCUT2D eigenvalue weighted by Crippen LogP contribution is 2.33. The molecule has 0 heterocycles. The Morgan fingerprint density at radius 1 is 1.44 bits per heavy atom. The van der Waals surface area contributed by atoms with Crippen molar-refractivity contribution < 1.29 is 4.74 Å². The maximum atomic E-state index is 6.33. The van der Waals surface area contributed by atoms with Crippen molar-refractivity contribution in [1.82, 2.24) is 5.32 Å². The summed E-state index contributed by atoms with van der Waals surface area (Å²) in [6.45, 7) is 4.20. The lowest BCUT2D eigenvalue weighted by atomic mass is 9.95. The molecule has 0 bridgehead atoms. The van der Waals surface area contributed by atoms with Crippen LogP contribution in [0.25, 0.3) is 0 Å². The normalized spacial score (nSPS) is 13.7. The van der Waals surface area contributed by atoms with Crippen LogP contribution in [-0.2, 0) is 4.74 Å². The maximum absolute atomic E-state index is 6.33. The summed E-state index contributed by atoms with van der Waals surface area (Å²) in [6, 6.07) is 6.27. The molecule has 1 atom stereocenters. The molecule has 1 unspecified atom stereocenters. The second-order valence-corrected chi connectivity index (χ2v) is 6.22. The van der Waals surface area contributed by atoms with Crippen molar-refractivity contribution in [2.24, 2.45) is 0 Å². The van der Waals surface area contributed by atoms with Crippen molar-refractivity contribution in [3.63, 3.8) is 0 Å². The predicted octanol–water partition coefficient (Wildman–Crippen LogP) is 4.57. The summed E-state index contributed by atoms with van der Waals surface area (Å²) in [6.07, 6.45) is 1.95. The zero-order chi connectivity index (χ0) is 13.8. The van der Waals surface area contributed by atoms with Gasteiger partial charge in [-0.25, -0.2) is 0 Å². The molecule has 0 aliphatic rings. The molecule has 102 valence electrons. The first kappa shape index (κ1) is 16.0. The maximum Gasteiger partial charge on any atom is 0.0623 e.